The highest BCUT2D eigenvalue weighted by molar-refractivity contribution is 5.77. The van der Waals surface area contributed by atoms with E-state index in [-0.39, 0.29) is 36.0 Å². The number of carbonyl (C=O) groups is 2. The molecule has 1 aliphatic carbocycles. The Morgan fingerprint density at radius 1 is 0.800 bits per heavy atom. The fourth-order valence-electron chi connectivity index (χ4n) is 4.14. The van der Waals surface area contributed by atoms with Gasteiger partial charge in [0.05, 0.1) is 38.8 Å². The fraction of sp³-hybridized carbons (Fsp3) is 0.481. The Morgan fingerprint density at radius 2 is 1.26 bits per heavy atom. The van der Waals surface area contributed by atoms with Crippen LogP contribution in [0.2, 0.25) is 0 Å². The lowest BCUT2D eigenvalue weighted by Gasteiger charge is -2.37. The SMILES string of the molecule is COc1ccc(OC(=O)C2CCC(C(=O)Oc3ccc(OCOCC4(C)COC4)cc3)CC2)cc1. The zero-order valence-electron chi connectivity index (χ0n) is 20.2. The van der Waals surface area contributed by atoms with E-state index in [1.54, 1.807) is 55.6 Å². The number of esters is 2. The molecule has 0 bridgehead atoms. The lowest BCUT2D eigenvalue weighted by atomic mass is 9.82. The maximum Gasteiger partial charge on any atom is 0.314 e. The van der Waals surface area contributed by atoms with Crippen LogP contribution in [-0.4, -0.2) is 45.7 Å². The van der Waals surface area contributed by atoms with E-state index < -0.39 is 0 Å². The molecule has 0 aromatic heterocycles. The minimum Gasteiger partial charge on any atom is -0.497 e. The van der Waals surface area contributed by atoms with Gasteiger partial charge in [-0.25, -0.2) is 0 Å². The minimum atomic E-state index is -0.278. The molecule has 0 N–H and O–H groups in total. The number of carbonyl (C=O) groups excluding carboxylic acids is 2. The first-order valence-electron chi connectivity index (χ1n) is 11.9. The molecule has 1 heterocycles. The van der Waals surface area contributed by atoms with E-state index in [1.807, 2.05) is 0 Å². The zero-order chi connectivity index (χ0) is 24.7. The third-order valence-electron chi connectivity index (χ3n) is 6.37. The largest absolute Gasteiger partial charge is 0.497 e. The van der Waals surface area contributed by atoms with Crippen LogP contribution in [0.4, 0.5) is 0 Å². The molecule has 8 heteroatoms. The van der Waals surface area contributed by atoms with Crippen LogP contribution in [0.3, 0.4) is 0 Å². The molecule has 0 atom stereocenters. The predicted molar refractivity (Wildman–Crippen MR) is 127 cm³/mol. The third-order valence-corrected chi connectivity index (χ3v) is 6.37. The Hall–Kier alpha value is -3.10. The third kappa shape index (κ3) is 6.96. The van der Waals surface area contributed by atoms with Crippen LogP contribution in [0.25, 0.3) is 0 Å². The van der Waals surface area contributed by atoms with Gasteiger partial charge >= 0.3 is 11.9 Å². The highest BCUT2D eigenvalue weighted by atomic mass is 16.7. The molecule has 2 aromatic rings. The van der Waals surface area contributed by atoms with Crippen molar-refractivity contribution in [3.8, 4) is 23.0 Å². The number of hydrogen-bond acceptors (Lipinski definition) is 8. The first-order valence-corrected chi connectivity index (χ1v) is 11.9. The fourth-order valence-corrected chi connectivity index (χ4v) is 4.14. The predicted octanol–water partition coefficient (Wildman–Crippen LogP) is 4.40. The van der Waals surface area contributed by atoms with Crippen LogP contribution in [0, 0.1) is 17.3 Å². The van der Waals surface area contributed by atoms with Crippen LogP contribution >= 0.6 is 0 Å². The van der Waals surface area contributed by atoms with Gasteiger partial charge in [0.2, 0.25) is 0 Å². The van der Waals surface area contributed by atoms with Crippen LogP contribution < -0.4 is 18.9 Å². The van der Waals surface area contributed by atoms with Crippen molar-refractivity contribution in [2.45, 2.75) is 32.6 Å². The molecular formula is C27H32O8. The van der Waals surface area contributed by atoms with E-state index in [0.717, 1.165) is 0 Å². The van der Waals surface area contributed by atoms with Crippen molar-refractivity contribution >= 4 is 11.9 Å². The van der Waals surface area contributed by atoms with E-state index in [4.69, 9.17) is 28.4 Å². The summed E-state index contributed by atoms with van der Waals surface area (Å²) < 4.78 is 32.5. The lowest BCUT2D eigenvalue weighted by Crippen LogP contribution is -2.43. The average molecular weight is 485 g/mol. The van der Waals surface area contributed by atoms with Gasteiger partial charge in [-0.2, -0.15) is 0 Å². The highest BCUT2D eigenvalue weighted by Crippen LogP contribution is 2.32. The van der Waals surface area contributed by atoms with Crippen LogP contribution in [0.5, 0.6) is 23.0 Å². The summed E-state index contributed by atoms with van der Waals surface area (Å²) in [5.41, 5.74) is 0.0808. The molecule has 0 spiro atoms. The number of hydrogen-bond donors (Lipinski definition) is 0. The van der Waals surface area contributed by atoms with Crippen molar-refractivity contribution in [3.63, 3.8) is 0 Å². The summed E-state index contributed by atoms with van der Waals surface area (Å²) in [7, 11) is 1.58. The summed E-state index contributed by atoms with van der Waals surface area (Å²) in [6, 6.07) is 13.8. The van der Waals surface area contributed by atoms with Gasteiger partial charge < -0.3 is 28.4 Å². The maximum absolute atomic E-state index is 12.6. The van der Waals surface area contributed by atoms with Crippen molar-refractivity contribution in [2.75, 3.05) is 33.7 Å². The van der Waals surface area contributed by atoms with Gasteiger partial charge in [-0.05, 0) is 74.2 Å². The second kappa shape index (κ2) is 11.6. The molecule has 0 amide bonds. The molecule has 4 rings (SSSR count). The molecule has 1 aliphatic heterocycles. The van der Waals surface area contributed by atoms with Gasteiger partial charge in [0.1, 0.15) is 23.0 Å². The molecule has 2 fully saturated rings. The number of benzene rings is 2. The van der Waals surface area contributed by atoms with E-state index in [9.17, 15) is 9.59 Å². The average Bonchev–Trinajstić information content (AvgIpc) is 2.87. The summed E-state index contributed by atoms with van der Waals surface area (Å²) in [6.45, 7) is 4.27. The number of rotatable bonds is 10. The normalized spacial score (nSPS) is 20.9. The molecule has 8 nitrogen and oxygen atoms in total. The zero-order valence-corrected chi connectivity index (χ0v) is 20.2. The van der Waals surface area contributed by atoms with Gasteiger partial charge in [0.25, 0.3) is 0 Å². The summed E-state index contributed by atoms with van der Waals surface area (Å²) in [6.07, 6.45) is 2.35. The topological polar surface area (TPSA) is 89.5 Å². The van der Waals surface area contributed by atoms with Crippen molar-refractivity contribution in [1.82, 2.24) is 0 Å². The van der Waals surface area contributed by atoms with E-state index >= 15 is 0 Å². The van der Waals surface area contributed by atoms with Gasteiger partial charge in [0.15, 0.2) is 6.79 Å². The molecular weight excluding hydrogens is 452 g/mol. The monoisotopic (exact) mass is 484 g/mol. The summed E-state index contributed by atoms with van der Waals surface area (Å²) in [5, 5.41) is 0. The van der Waals surface area contributed by atoms with Crippen molar-refractivity contribution in [1.29, 1.82) is 0 Å². The van der Waals surface area contributed by atoms with Crippen LogP contribution in [-0.2, 0) is 19.1 Å². The summed E-state index contributed by atoms with van der Waals surface area (Å²) in [4.78, 5) is 25.1. The van der Waals surface area contributed by atoms with Gasteiger partial charge in [0, 0.05) is 5.41 Å². The summed E-state index contributed by atoms with van der Waals surface area (Å²) >= 11 is 0. The molecule has 0 unspecified atom stereocenters. The van der Waals surface area contributed by atoms with Crippen molar-refractivity contribution in [2.24, 2.45) is 17.3 Å². The molecule has 0 radical (unpaired) electrons. The van der Waals surface area contributed by atoms with Gasteiger partial charge in [-0.15, -0.1) is 0 Å². The van der Waals surface area contributed by atoms with Crippen LogP contribution in [0.1, 0.15) is 32.6 Å². The molecule has 1 saturated heterocycles. The Labute approximate surface area is 205 Å². The molecule has 1 saturated carbocycles. The Balaban J connectivity index is 1.16. The van der Waals surface area contributed by atoms with Crippen LogP contribution in [0.15, 0.2) is 48.5 Å². The second-order valence-corrected chi connectivity index (χ2v) is 9.45. The number of ether oxygens (including phenoxy) is 6. The first-order chi connectivity index (χ1) is 16.9. The number of methoxy groups -OCH3 is 1. The Morgan fingerprint density at radius 3 is 1.69 bits per heavy atom. The standard InChI is InChI=1S/C27H32O8/c1-27(15-31-16-27)17-32-18-33-22-9-13-24(14-10-22)35-26(29)20-5-3-19(4-6-20)25(28)34-23-11-7-21(30-2)8-12-23/h7-14,19-20H,3-6,15-18H2,1-2H3. The molecule has 2 aliphatic rings. The van der Waals surface area contributed by atoms with E-state index in [1.165, 1.54) is 0 Å². The van der Waals surface area contributed by atoms with Gasteiger partial charge in [-0.3, -0.25) is 9.59 Å². The van der Waals surface area contributed by atoms with Crippen molar-refractivity contribution in [3.05, 3.63) is 48.5 Å². The van der Waals surface area contributed by atoms with E-state index in [2.05, 4.69) is 6.92 Å². The molecule has 35 heavy (non-hydrogen) atoms. The quantitative estimate of drug-likeness (QED) is 0.212. The lowest BCUT2D eigenvalue weighted by molar-refractivity contribution is -0.151. The highest BCUT2D eigenvalue weighted by Gasteiger charge is 2.34. The smallest absolute Gasteiger partial charge is 0.314 e. The summed E-state index contributed by atoms with van der Waals surface area (Å²) in [5.74, 6) is 1.28. The second-order valence-electron chi connectivity index (χ2n) is 9.45. The molecule has 2 aromatic carbocycles. The molecule has 188 valence electrons. The van der Waals surface area contributed by atoms with E-state index in [0.29, 0.717) is 68.5 Å². The maximum atomic E-state index is 12.6. The Bertz CT molecular complexity index is 973. The van der Waals surface area contributed by atoms with Gasteiger partial charge in [-0.1, -0.05) is 6.92 Å². The Kier molecular flexibility index (Phi) is 8.25. The van der Waals surface area contributed by atoms with Crippen molar-refractivity contribution < 1.29 is 38.0 Å². The first kappa shape index (κ1) is 25.0. The minimum absolute atomic E-state index is 0.0808.